The molecule has 4 rings (SSSR count). The zero-order valence-electron chi connectivity index (χ0n) is 15.4. The highest BCUT2D eigenvalue weighted by molar-refractivity contribution is 6.14. The minimum atomic E-state index is -0.513. The van der Waals surface area contributed by atoms with Crippen molar-refractivity contribution in [2.75, 3.05) is 14.2 Å². The maximum absolute atomic E-state index is 13.0. The molecule has 1 aromatic carbocycles. The SMILES string of the molecule is COC(=O)c1ccc2[nH]c3c(c2n1)CC/C(=C\c1ccc(O)c(OC)c1)C3=O. The van der Waals surface area contributed by atoms with Crippen LogP contribution in [0.5, 0.6) is 11.5 Å². The molecule has 0 spiro atoms. The van der Waals surface area contributed by atoms with Crippen LogP contribution in [-0.4, -0.2) is 41.0 Å². The molecule has 1 aliphatic carbocycles. The minimum absolute atomic E-state index is 0.0463. The van der Waals surface area contributed by atoms with Gasteiger partial charge in [-0.1, -0.05) is 6.07 Å². The Morgan fingerprint density at radius 2 is 2.04 bits per heavy atom. The van der Waals surface area contributed by atoms with Crippen LogP contribution in [0.25, 0.3) is 17.1 Å². The Kier molecular flexibility index (Phi) is 4.35. The molecule has 2 N–H and O–H groups in total. The number of fused-ring (bicyclic) bond motifs is 3. The van der Waals surface area contributed by atoms with E-state index < -0.39 is 5.97 Å². The molecule has 7 nitrogen and oxygen atoms in total. The second kappa shape index (κ2) is 6.84. The predicted octanol–water partition coefficient (Wildman–Crippen LogP) is 3.28. The largest absolute Gasteiger partial charge is 0.504 e. The van der Waals surface area contributed by atoms with E-state index in [2.05, 4.69) is 9.97 Å². The molecule has 2 aromatic heterocycles. The lowest BCUT2D eigenvalue weighted by molar-refractivity contribution is 0.0594. The molecule has 2 heterocycles. The second-order valence-electron chi connectivity index (χ2n) is 6.49. The van der Waals surface area contributed by atoms with Gasteiger partial charge in [-0.25, -0.2) is 9.78 Å². The maximum Gasteiger partial charge on any atom is 0.356 e. The van der Waals surface area contributed by atoms with E-state index in [1.165, 1.54) is 20.3 Å². The number of allylic oxidation sites excluding steroid dienone is 1. The molecule has 0 saturated carbocycles. The number of aromatic hydroxyl groups is 1. The maximum atomic E-state index is 13.0. The average molecular weight is 378 g/mol. The molecule has 1 aliphatic rings. The molecule has 0 aliphatic heterocycles. The lowest BCUT2D eigenvalue weighted by atomic mass is 9.90. The van der Waals surface area contributed by atoms with Gasteiger partial charge in [0.1, 0.15) is 5.69 Å². The predicted molar refractivity (Wildman–Crippen MR) is 103 cm³/mol. The molecule has 0 bridgehead atoms. The molecule has 0 fully saturated rings. The third-order valence-corrected chi connectivity index (χ3v) is 4.84. The number of ketones is 1. The van der Waals surface area contributed by atoms with Crippen LogP contribution < -0.4 is 4.74 Å². The third kappa shape index (κ3) is 2.90. The van der Waals surface area contributed by atoms with Crippen LogP contribution in [0, 0.1) is 0 Å². The number of rotatable bonds is 3. The molecular weight excluding hydrogens is 360 g/mol. The van der Waals surface area contributed by atoms with Gasteiger partial charge < -0.3 is 19.6 Å². The fourth-order valence-electron chi connectivity index (χ4n) is 3.43. The quantitative estimate of drug-likeness (QED) is 0.536. The van der Waals surface area contributed by atoms with Gasteiger partial charge >= 0.3 is 5.97 Å². The van der Waals surface area contributed by atoms with Crippen molar-refractivity contribution in [3.8, 4) is 11.5 Å². The summed E-state index contributed by atoms with van der Waals surface area (Å²) in [5, 5.41) is 9.73. The standard InChI is InChI=1S/C21H18N2O5/c1-27-17-10-11(3-8-16(17)24)9-12-4-5-13-18-14(22-19(13)20(12)25)6-7-15(23-18)21(26)28-2/h3,6-10,22,24H,4-5H2,1-2H3/b12-9+. The summed E-state index contributed by atoms with van der Waals surface area (Å²) >= 11 is 0. The van der Waals surface area contributed by atoms with E-state index in [0.29, 0.717) is 40.9 Å². The molecule has 0 radical (unpaired) electrons. The fourth-order valence-corrected chi connectivity index (χ4v) is 3.43. The molecule has 3 aromatic rings. The summed E-state index contributed by atoms with van der Waals surface area (Å²) in [7, 11) is 2.78. The summed E-state index contributed by atoms with van der Waals surface area (Å²) in [6, 6.07) is 8.24. The number of Topliss-reactive ketones (excluding diaryl/α,β-unsaturated/α-hetero) is 1. The van der Waals surface area contributed by atoms with E-state index >= 15 is 0 Å². The number of esters is 1. The number of nitrogens with zero attached hydrogens (tertiary/aromatic N) is 1. The lowest BCUT2D eigenvalue weighted by Gasteiger charge is -2.14. The van der Waals surface area contributed by atoms with E-state index in [4.69, 9.17) is 9.47 Å². The van der Waals surface area contributed by atoms with E-state index in [0.717, 1.165) is 11.1 Å². The van der Waals surface area contributed by atoms with Crippen LogP contribution in [-0.2, 0) is 11.2 Å². The Hall–Kier alpha value is -3.61. The molecule has 0 saturated heterocycles. The van der Waals surface area contributed by atoms with Crippen molar-refractivity contribution in [2.45, 2.75) is 12.8 Å². The summed E-state index contributed by atoms with van der Waals surface area (Å²) in [5.74, 6) is -0.222. The first-order valence-corrected chi connectivity index (χ1v) is 8.74. The van der Waals surface area contributed by atoms with Gasteiger partial charge in [-0.3, -0.25) is 4.79 Å². The molecular formula is C21H18N2O5. The van der Waals surface area contributed by atoms with Crippen LogP contribution in [0.1, 0.15) is 38.5 Å². The lowest BCUT2D eigenvalue weighted by Crippen LogP contribution is -2.13. The molecule has 0 unspecified atom stereocenters. The Balaban J connectivity index is 1.73. The molecule has 142 valence electrons. The highest BCUT2D eigenvalue weighted by Gasteiger charge is 2.27. The number of carbonyl (C=O) groups is 2. The van der Waals surface area contributed by atoms with Gasteiger partial charge in [-0.15, -0.1) is 0 Å². The first-order chi connectivity index (χ1) is 13.5. The number of hydrogen-bond acceptors (Lipinski definition) is 6. The Morgan fingerprint density at radius 3 is 2.79 bits per heavy atom. The van der Waals surface area contributed by atoms with Crippen molar-refractivity contribution in [3.05, 3.63) is 58.4 Å². The van der Waals surface area contributed by atoms with Crippen molar-refractivity contribution in [1.29, 1.82) is 0 Å². The zero-order valence-corrected chi connectivity index (χ0v) is 15.4. The van der Waals surface area contributed by atoms with Gasteiger partial charge in [0, 0.05) is 11.1 Å². The minimum Gasteiger partial charge on any atom is -0.504 e. The van der Waals surface area contributed by atoms with E-state index in [-0.39, 0.29) is 17.2 Å². The summed E-state index contributed by atoms with van der Waals surface area (Å²) in [6.45, 7) is 0. The van der Waals surface area contributed by atoms with Crippen molar-refractivity contribution in [2.24, 2.45) is 0 Å². The summed E-state index contributed by atoms with van der Waals surface area (Å²) in [6.07, 6.45) is 2.97. The molecule has 28 heavy (non-hydrogen) atoms. The fraction of sp³-hybridized carbons (Fsp3) is 0.190. The van der Waals surface area contributed by atoms with Gasteiger partial charge in [-0.2, -0.15) is 0 Å². The Labute approximate surface area is 160 Å². The van der Waals surface area contributed by atoms with Gasteiger partial charge in [-0.05, 0) is 48.7 Å². The summed E-state index contributed by atoms with van der Waals surface area (Å²) in [5.41, 5.74) is 4.26. The second-order valence-corrected chi connectivity index (χ2v) is 6.49. The monoisotopic (exact) mass is 378 g/mol. The number of H-pyrrole nitrogens is 1. The number of nitrogens with one attached hydrogen (secondary N) is 1. The van der Waals surface area contributed by atoms with E-state index in [1.807, 2.05) is 0 Å². The number of phenolic OH excluding ortho intramolecular Hbond substituents is 1. The van der Waals surface area contributed by atoms with Crippen molar-refractivity contribution < 1.29 is 24.2 Å². The molecule has 0 amide bonds. The zero-order chi connectivity index (χ0) is 19.8. The van der Waals surface area contributed by atoms with Crippen LogP contribution >= 0.6 is 0 Å². The summed E-state index contributed by atoms with van der Waals surface area (Å²) < 4.78 is 9.84. The van der Waals surface area contributed by atoms with Gasteiger partial charge in [0.15, 0.2) is 11.5 Å². The van der Waals surface area contributed by atoms with E-state index in [1.54, 1.807) is 30.3 Å². The average Bonchev–Trinajstić information content (AvgIpc) is 3.09. The number of carbonyl (C=O) groups excluding carboxylic acids is 2. The van der Waals surface area contributed by atoms with Crippen LogP contribution in [0.3, 0.4) is 0 Å². The smallest absolute Gasteiger partial charge is 0.356 e. The van der Waals surface area contributed by atoms with Crippen LogP contribution in [0.15, 0.2) is 35.9 Å². The number of phenols is 1. The van der Waals surface area contributed by atoms with Gasteiger partial charge in [0.05, 0.1) is 30.9 Å². The number of hydrogen-bond donors (Lipinski definition) is 2. The molecule has 7 heteroatoms. The number of aromatic nitrogens is 2. The normalized spacial score (nSPS) is 14.9. The third-order valence-electron chi connectivity index (χ3n) is 4.84. The number of benzene rings is 1. The Morgan fingerprint density at radius 1 is 1.21 bits per heavy atom. The van der Waals surface area contributed by atoms with Crippen LogP contribution in [0.4, 0.5) is 0 Å². The number of aryl methyl sites for hydroxylation is 1. The highest BCUT2D eigenvalue weighted by atomic mass is 16.5. The van der Waals surface area contributed by atoms with Crippen LogP contribution in [0.2, 0.25) is 0 Å². The highest BCUT2D eigenvalue weighted by Crippen LogP contribution is 2.33. The van der Waals surface area contributed by atoms with Crippen molar-refractivity contribution in [3.63, 3.8) is 0 Å². The van der Waals surface area contributed by atoms with Crippen molar-refractivity contribution in [1.82, 2.24) is 9.97 Å². The first-order valence-electron chi connectivity index (χ1n) is 8.74. The van der Waals surface area contributed by atoms with Crippen molar-refractivity contribution >= 4 is 28.9 Å². The molecule has 0 atom stereocenters. The number of aromatic amines is 1. The Bertz CT molecular complexity index is 1140. The van der Waals surface area contributed by atoms with Gasteiger partial charge in [0.2, 0.25) is 5.78 Å². The first kappa shape index (κ1) is 17.8. The topological polar surface area (TPSA) is 102 Å². The summed E-state index contributed by atoms with van der Waals surface area (Å²) in [4.78, 5) is 32.2. The number of methoxy groups -OCH3 is 2. The van der Waals surface area contributed by atoms with E-state index in [9.17, 15) is 14.7 Å². The number of pyridine rings is 1. The number of ether oxygens (including phenoxy) is 2. The van der Waals surface area contributed by atoms with Gasteiger partial charge in [0.25, 0.3) is 0 Å².